The zero-order valence-corrected chi connectivity index (χ0v) is 20.4. The Bertz CT molecular complexity index is 1300. The minimum Gasteiger partial charge on any atom is -0.494 e. The quantitative estimate of drug-likeness (QED) is 0.301. The molecule has 0 fully saturated rings. The number of aromatic nitrogens is 2. The van der Waals surface area contributed by atoms with E-state index in [0.717, 1.165) is 12.1 Å². The summed E-state index contributed by atoms with van der Waals surface area (Å²) in [7, 11) is 3.14. The number of alkyl halides is 3. The third kappa shape index (κ3) is 7.64. The molecule has 37 heavy (non-hydrogen) atoms. The number of esters is 1. The molecule has 196 valence electrons. The third-order valence-corrected chi connectivity index (χ3v) is 5.06. The number of fused-ring (bicyclic) bond motifs is 1. The molecule has 0 aliphatic carbocycles. The summed E-state index contributed by atoms with van der Waals surface area (Å²) in [5.74, 6) is -0.233. The summed E-state index contributed by atoms with van der Waals surface area (Å²) >= 11 is 0. The molecule has 1 heterocycles. The van der Waals surface area contributed by atoms with Crippen LogP contribution in [0.3, 0.4) is 0 Å². The molecule has 0 bridgehead atoms. The molecule has 0 radical (unpaired) electrons. The van der Waals surface area contributed by atoms with Crippen LogP contribution in [0.25, 0.3) is 10.9 Å². The molecule has 1 aromatic heterocycles. The zero-order valence-electron chi connectivity index (χ0n) is 20.4. The van der Waals surface area contributed by atoms with E-state index >= 15 is 0 Å². The second-order valence-corrected chi connectivity index (χ2v) is 7.89. The van der Waals surface area contributed by atoms with Gasteiger partial charge in [-0.25, -0.2) is 9.97 Å². The van der Waals surface area contributed by atoms with Crippen LogP contribution < -0.4 is 15.4 Å². The van der Waals surface area contributed by atoms with E-state index in [-0.39, 0.29) is 24.0 Å². The number of anilines is 3. The predicted octanol–water partition coefficient (Wildman–Crippen LogP) is 4.39. The van der Waals surface area contributed by atoms with Crippen molar-refractivity contribution >= 4 is 40.0 Å². The lowest BCUT2D eigenvalue weighted by Gasteiger charge is -2.14. The van der Waals surface area contributed by atoms with Crippen molar-refractivity contribution in [3.05, 3.63) is 60.4 Å². The Kier molecular flexibility index (Phi) is 9.01. The van der Waals surface area contributed by atoms with Gasteiger partial charge in [0.1, 0.15) is 17.9 Å². The van der Waals surface area contributed by atoms with Crippen molar-refractivity contribution < 1.29 is 32.2 Å². The van der Waals surface area contributed by atoms with Gasteiger partial charge in [-0.05, 0) is 38.2 Å². The van der Waals surface area contributed by atoms with Crippen LogP contribution in [-0.2, 0) is 20.5 Å². The summed E-state index contributed by atoms with van der Waals surface area (Å²) in [5, 5.41) is 6.06. The number of likely N-dealkylation sites (N-methyl/N-ethyl adjacent to an activating group) is 1. The molecule has 0 unspecified atom stereocenters. The fraction of sp³-hybridized carbons (Fsp3) is 0.280. The molecule has 9 nitrogen and oxygen atoms in total. The highest BCUT2D eigenvalue weighted by Gasteiger charge is 2.30. The molecule has 0 saturated heterocycles. The fourth-order valence-electron chi connectivity index (χ4n) is 3.37. The van der Waals surface area contributed by atoms with Gasteiger partial charge in [-0.1, -0.05) is 12.1 Å². The maximum absolute atomic E-state index is 13.1. The standard InChI is InChI=1S/C25H26F3N5O4/c1-4-37-23(35)14-33(2)10-6-9-22(34)32-20-12-18-19(13-21(20)36-3)29-15-30-24(18)31-17-8-5-7-16(11-17)25(26,27)28/h5-9,11-13,15H,4,10,14H2,1-3H3,(H,32,34)(H,29,30,31). The van der Waals surface area contributed by atoms with Crippen LogP contribution in [0.5, 0.6) is 5.75 Å². The number of carbonyl (C=O) groups is 2. The second-order valence-electron chi connectivity index (χ2n) is 7.89. The number of ether oxygens (including phenoxy) is 2. The van der Waals surface area contributed by atoms with Crippen molar-refractivity contribution in [2.24, 2.45) is 0 Å². The largest absolute Gasteiger partial charge is 0.494 e. The Morgan fingerprint density at radius 3 is 2.65 bits per heavy atom. The van der Waals surface area contributed by atoms with E-state index in [1.54, 1.807) is 37.1 Å². The molecule has 12 heteroatoms. The van der Waals surface area contributed by atoms with Crippen LogP contribution in [0.2, 0.25) is 0 Å². The molecule has 0 saturated carbocycles. The van der Waals surface area contributed by atoms with Crippen molar-refractivity contribution in [2.75, 3.05) is 44.5 Å². The minimum absolute atomic E-state index is 0.0833. The Morgan fingerprint density at radius 1 is 1.16 bits per heavy atom. The number of amides is 1. The van der Waals surface area contributed by atoms with E-state index in [1.807, 2.05) is 0 Å². The average molecular weight is 518 g/mol. The van der Waals surface area contributed by atoms with Gasteiger partial charge < -0.3 is 20.1 Å². The maximum atomic E-state index is 13.1. The van der Waals surface area contributed by atoms with Crippen LogP contribution >= 0.6 is 0 Å². The number of hydrogen-bond donors (Lipinski definition) is 2. The van der Waals surface area contributed by atoms with E-state index in [9.17, 15) is 22.8 Å². The van der Waals surface area contributed by atoms with Crippen molar-refractivity contribution in [3.63, 3.8) is 0 Å². The van der Waals surface area contributed by atoms with E-state index in [1.165, 1.54) is 31.6 Å². The highest BCUT2D eigenvalue weighted by molar-refractivity contribution is 6.03. The first kappa shape index (κ1) is 27.4. The molecule has 2 aromatic carbocycles. The number of hydrogen-bond acceptors (Lipinski definition) is 8. The van der Waals surface area contributed by atoms with Crippen LogP contribution in [0.1, 0.15) is 12.5 Å². The number of rotatable bonds is 10. The Balaban J connectivity index is 1.79. The SMILES string of the molecule is CCOC(=O)CN(C)CC=CC(=O)Nc1cc2c(Nc3cccc(C(F)(F)F)c3)ncnc2cc1OC. The van der Waals surface area contributed by atoms with E-state index in [2.05, 4.69) is 20.6 Å². The minimum atomic E-state index is -4.49. The topological polar surface area (TPSA) is 106 Å². The molecule has 0 aliphatic heterocycles. The summed E-state index contributed by atoms with van der Waals surface area (Å²) < 4.78 is 49.6. The first-order valence-corrected chi connectivity index (χ1v) is 11.2. The zero-order chi connectivity index (χ0) is 27.0. The van der Waals surface area contributed by atoms with E-state index in [4.69, 9.17) is 9.47 Å². The van der Waals surface area contributed by atoms with Gasteiger partial charge in [-0.3, -0.25) is 14.5 Å². The number of halogens is 3. The summed E-state index contributed by atoms with van der Waals surface area (Å²) in [6.07, 6.45) is -0.316. The van der Waals surface area contributed by atoms with Gasteiger partial charge in [-0.15, -0.1) is 0 Å². The first-order chi connectivity index (χ1) is 17.6. The normalized spacial score (nSPS) is 11.6. The number of benzene rings is 2. The summed E-state index contributed by atoms with van der Waals surface area (Å²) in [6, 6.07) is 7.89. The van der Waals surface area contributed by atoms with Crippen LogP contribution in [0.4, 0.5) is 30.4 Å². The number of carbonyl (C=O) groups excluding carboxylic acids is 2. The number of nitrogens with zero attached hydrogens (tertiary/aromatic N) is 3. The summed E-state index contributed by atoms with van der Waals surface area (Å²) in [4.78, 5) is 34.1. The summed E-state index contributed by atoms with van der Waals surface area (Å²) in [6.45, 7) is 2.43. The van der Waals surface area contributed by atoms with Gasteiger partial charge in [0, 0.05) is 29.8 Å². The highest BCUT2D eigenvalue weighted by Crippen LogP contribution is 2.34. The van der Waals surface area contributed by atoms with Gasteiger partial charge in [0.05, 0.1) is 37.0 Å². The summed E-state index contributed by atoms with van der Waals surface area (Å²) in [5.41, 5.74) is 0.151. The number of methoxy groups -OCH3 is 1. The molecule has 1 amide bonds. The Labute approximate surface area is 211 Å². The third-order valence-electron chi connectivity index (χ3n) is 5.06. The lowest BCUT2D eigenvalue weighted by Crippen LogP contribution is -2.27. The smallest absolute Gasteiger partial charge is 0.416 e. The molecule has 3 aromatic rings. The van der Waals surface area contributed by atoms with Crippen molar-refractivity contribution in [2.45, 2.75) is 13.1 Å². The van der Waals surface area contributed by atoms with Crippen LogP contribution in [-0.4, -0.2) is 60.6 Å². The van der Waals surface area contributed by atoms with Gasteiger partial charge in [0.25, 0.3) is 0 Å². The van der Waals surface area contributed by atoms with E-state index < -0.39 is 17.6 Å². The van der Waals surface area contributed by atoms with Gasteiger partial charge in [0.15, 0.2) is 0 Å². The Hall–Kier alpha value is -4.19. The second kappa shape index (κ2) is 12.2. The van der Waals surface area contributed by atoms with Crippen LogP contribution in [0.15, 0.2) is 54.9 Å². The Morgan fingerprint density at radius 2 is 1.95 bits per heavy atom. The molecular formula is C25H26F3N5O4. The van der Waals surface area contributed by atoms with Gasteiger partial charge in [-0.2, -0.15) is 13.2 Å². The molecule has 0 atom stereocenters. The predicted molar refractivity (Wildman–Crippen MR) is 133 cm³/mol. The van der Waals surface area contributed by atoms with Crippen molar-refractivity contribution in [3.8, 4) is 5.75 Å². The van der Waals surface area contributed by atoms with Crippen LogP contribution in [0, 0.1) is 0 Å². The van der Waals surface area contributed by atoms with Gasteiger partial charge in [0.2, 0.25) is 5.91 Å². The first-order valence-electron chi connectivity index (χ1n) is 11.2. The monoisotopic (exact) mass is 517 g/mol. The number of nitrogens with one attached hydrogen (secondary N) is 2. The maximum Gasteiger partial charge on any atom is 0.416 e. The van der Waals surface area contributed by atoms with E-state index in [0.29, 0.717) is 35.5 Å². The molecular weight excluding hydrogens is 491 g/mol. The molecule has 2 N–H and O–H groups in total. The highest BCUT2D eigenvalue weighted by atomic mass is 19.4. The molecule has 0 aliphatic rings. The lowest BCUT2D eigenvalue weighted by molar-refractivity contribution is -0.144. The lowest BCUT2D eigenvalue weighted by atomic mass is 10.1. The van der Waals surface area contributed by atoms with Gasteiger partial charge >= 0.3 is 12.1 Å². The van der Waals surface area contributed by atoms with Crippen molar-refractivity contribution in [1.29, 1.82) is 0 Å². The molecule has 3 rings (SSSR count). The fourth-order valence-corrected chi connectivity index (χ4v) is 3.37. The average Bonchev–Trinajstić information content (AvgIpc) is 2.83. The molecule has 0 spiro atoms. The van der Waals surface area contributed by atoms with Crippen molar-refractivity contribution in [1.82, 2.24) is 14.9 Å².